The predicted octanol–water partition coefficient (Wildman–Crippen LogP) is 8.53. The second-order valence-corrected chi connectivity index (χ2v) is 13.9. The summed E-state index contributed by atoms with van der Waals surface area (Å²) in [5, 5.41) is 20.2. The molecule has 0 aliphatic heterocycles. The van der Waals surface area contributed by atoms with Crippen molar-refractivity contribution < 1.29 is 33.8 Å². The van der Waals surface area contributed by atoms with Crippen LogP contribution in [0.1, 0.15) is 52.1 Å². The fourth-order valence-corrected chi connectivity index (χ4v) is 7.22. The molecule has 0 bridgehead atoms. The van der Waals surface area contributed by atoms with Gasteiger partial charge in [0.1, 0.15) is 27.8 Å². The highest BCUT2D eigenvalue weighted by atomic mass is 32.2. The van der Waals surface area contributed by atoms with Gasteiger partial charge in [0.25, 0.3) is 11.8 Å². The summed E-state index contributed by atoms with van der Waals surface area (Å²) in [6.07, 6.45) is 1.94. The van der Waals surface area contributed by atoms with E-state index in [9.17, 15) is 24.3 Å². The Bertz CT molecular complexity index is 2130. The molecule has 1 atom stereocenters. The van der Waals surface area contributed by atoms with Crippen LogP contribution in [0, 0.1) is 6.92 Å². The molecular formula is C41H39N3O7S2. The summed E-state index contributed by atoms with van der Waals surface area (Å²) in [5.41, 5.74) is 4.10. The number of thiophene rings is 1. The molecule has 10 nitrogen and oxygen atoms in total. The van der Waals surface area contributed by atoms with Crippen LogP contribution in [0.2, 0.25) is 0 Å². The maximum absolute atomic E-state index is 13.7. The maximum atomic E-state index is 13.7. The quantitative estimate of drug-likeness (QED) is 0.0503. The molecule has 0 saturated carbocycles. The molecule has 5 aromatic rings. The van der Waals surface area contributed by atoms with Gasteiger partial charge in [0, 0.05) is 38.7 Å². The normalized spacial score (nSPS) is 11.7. The molecule has 0 aliphatic carbocycles. The number of carbonyl (C=O) groups is 4. The van der Waals surface area contributed by atoms with Gasteiger partial charge in [-0.3, -0.25) is 14.4 Å². The number of phenolic OH excluding ortho intramolecular Hbond substituents is 1. The molecule has 1 unspecified atom stereocenters. The second-order valence-electron chi connectivity index (χ2n) is 11.7. The van der Waals surface area contributed by atoms with Crippen LogP contribution < -0.4 is 20.7 Å². The molecule has 12 heteroatoms. The average molecular weight is 750 g/mol. The Morgan fingerprint density at radius 1 is 0.906 bits per heavy atom. The third kappa shape index (κ3) is 9.94. The molecule has 0 aliphatic rings. The minimum absolute atomic E-state index is 0.0199. The van der Waals surface area contributed by atoms with Crippen LogP contribution in [-0.2, 0) is 14.3 Å². The topological polar surface area (TPSA) is 143 Å². The van der Waals surface area contributed by atoms with Gasteiger partial charge in [0.05, 0.1) is 19.0 Å². The fourth-order valence-electron chi connectivity index (χ4n) is 5.24. The maximum Gasteiger partial charge on any atom is 0.341 e. The molecule has 53 heavy (non-hydrogen) atoms. The monoisotopic (exact) mass is 749 g/mol. The van der Waals surface area contributed by atoms with Gasteiger partial charge in [-0.25, -0.2) is 4.79 Å². The molecule has 0 spiro atoms. The van der Waals surface area contributed by atoms with E-state index in [1.807, 2.05) is 49.6 Å². The van der Waals surface area contributed by atoms with E-state index in [0.29, 0.717) is 50.0 Å². The van der Waals surface area contributed by atoms with Crippen molar-refractivity contribution in [1.82, 2.24) is 5.32 Å². The largest absolute Gasteiger partial charge is 0.508 e. The lowest BCUT2D eigenvalue weighted by atomic mass is 10.0. The highest BCUT2D eigenvalue weighted by Gasteiger charge is 2.26. The van der Waals surface area contributed by atoms with Gasteiger partial charge < -0.3 is 30.5 Å². The van der Waals surface area contributed by atoms with Crippen molar-refractivity contribution in [2.45, 2.75) is 37.3 Å². The standard InChI is InChI=1S/C41H39N3O7S2/c1-5-35(39(48)44-40-36(41(49)51-6-2)32(24-52-40)26-17-15-25(3)16-18-26)53-31-14-10-13-29(22-31)42-38(47)33(43-37(46)27-11-8-7-9-12-27)21-28-19-20-30(45)23-34(28)50-4/h7-24,35,45H,5-6H2,1-4H3,(H,42,47)(H,43,46)(H,44,48)/b33-21+. The van der Waals surface area contributed by atoms with Crippen LogP contribution in [0.5, 0.6) is 11.5 Å². The van der Waals surface area contributed by atoms with E-state index in [0.717, 1.165) is 11.1 Å². The second kappa shape index (κ2) is 18.1. The molecule has 0 radical (unpaired) electrons. The molecule has 5 rings (SSSR count). The molecule has 0 fully saturated rings. The summed E-state index contributed by atoms with van der Waals surface area (Å²) >= 11 is 2.58. The number of carbonyl (C=O) groups excluding carboxylic acids is 4. The lowest BCUT2D eigenvalue weighted by Gasteiger charge is -2.16. The number of anilines is 2. The van der Waals surface area contributed by atoms with Crippen molar-refractivity contribution in [3.05, 3.63) is 130 Å². The smallest absolute Gasteiger partial charge is 0.341 e. The predicted molar refractivity (Wildman–Crippen MR) is 211 cm³/mol. The lowest BCUT2D eigenvalue weighted by Crippen LogP contribution is -2.30. The van der Waals surface area contributed by atoms with Crippen LogP contribution in [-0.4, -0.2) is 47.8 Å². The highest BCUT2D eigenvalue weighted by Crippen LogP contribution is 2.37. The van der Waals surface area contributed by atoms with Crippen molar-refractivity contribution in [3.8, 4) is 22.6 Å². The zero-order valence-electron chi connectivity index (χ0n) is 29.6. The van der Waals surface area contributed by atoms with Gasteiger partial charge in [-0.1, -0.05) is 61.0 Å². The number of nitrogens with one attached hydrogen (secondary N) is 3. The van der Waals surface area contributed by atoms with Crippen molar-refractivity contribution in [2.75, 3.05) is 24.4 Å². The number of ether oxygens (including phenoxy) is 2. The number of esters is 1. The number of methoxy groups -OCH3 is 1. The summed E-state index contributed by atoms with van der Waals surface area (Å²) in [5.74, 6) is -1.62. The zero-order chi connectivity index (χ0) is 37.9. The molecule has 4 N–H and O–H groups in total. The third-order valence-electron chi connectivity index (χ3n) is 7.95. The molecular weight excluding hydrogens is 711 g/mol. The van der Waals surface area contributed by atoms with Crippen molar-refractivity contribution in [3.63, 3.8) is 0 Å². The molecule has 0 saturated heterocycles. The van der Waals surface area contributed by atoms with Crippen molar-refractivity contribution >= 4 is 63.6 Å². The number of phenols is 1. The number of hydrogen-bond donors (Lipinski definition) is 4. The summed E-state index contributed by atoms with van der Waals surface area (Å²) in [6.45, 7) is 5.81. The van der Waals surface area contributed by atoms with E-state index in [1.165, 1.54) is 48.4 Å². The molecule has 272 valence electrons. The van der Waals surface area contributed by atoms with Crippen molar-refractivity contribution in [1.29, 1.82) is 0 Å². The molecule has 1 aromatic heterocycles. The van der Waals surface area contributed by atoms with Gasteiger partial charge in [0.2, 0.25) is 5.91 Å². The Morgan fingerprint density at radius 3 is 2.36 bits per heavy atom. The number of hydrogen-bond acceptors (Lipinski definition) is 9. The SMILES string of the molecule is CCOC(=O)c1c(-c2ccc(C)cc2)csc1NC(=O)C(CC)Sc1cccc(NC(=O)/C(=C\c2ccc(O)cc2OC)NC(=O)c2ccccc2)c1. The number of rotatable bonds is 14. The van der Waals surface area contributed by atoms with Gasteiger partial charge in [-0.15, -0.1) is 23.1 Å². The molecule has 3 amide bonds. The van der Waals surface area contributed by atoms with Gasteiger partial charge in [-0.2, -0.15) is 0 Å². The lowest BCUT2D eigenvalue weighted by molar-refractivity contribution is -0.116. The van der Waals surface area contributed by atoms with Crippen molar-refractivity contribution in [2.24, 2.45) is 0 Å². The number of aromatic hydroxyl groups is 1. The minimum Gasteiger partial charge on any atom is -0.508 e. The third-order valence-corrected chi connectivity index (χ3v) is 10.2. The first-order valence-electron chi connectivity index (χ1n) is 16.8. The minimum atomic E-state index is -0.607. The first kappa shape index (κ1) is 38.4. The summed E-state index contributed by atoms with van der Waals surface area (Å²) in [7, 11) is 1.43. The Kier molecular flexibility index (Phi) is 13.1. The van der Waals surface area contributed by atoms with Gasteiger partial charge in [-0.05, 0) is 74.4 Å². The summed E-state index contributed by atoms with van der Waals surface area (Å²) in [4.78, 5) is 54.3. The van der Waals surface area contributed by atoms with Crippen LogP contribution in [0.25, 0.3) is 17.2 Å². The highest BCUT2D eigenvalue weighted by molar-refractivity contribution is 8.00. The first-order chi connectivity index (χ1) is 25.6. The van der Waals surface area contributed by atoms with Gasteiger partial charge >= 0.3 is 5.97 Å². The molecule has 4 aromatic carbocycles. The zero-order valence-corrected chi connectivity index (χ0v) is 31.2. The van der Waals surface area contributed by atoms with Crippen LogP contribution in [0.3, 0.4) is 0 Å². The van der Waals surface area contributed by atoms with E-state index in [2.05, 4.69) is 16.0 Å². The van der Waals surface area contributed by atoms with E-state index >= 15 is 0 Å². The summed E-state index contributed by atoms with van der Waals surface area (Å²) in [6, 6.07) is 27.7. The number of aryl methyl sites for hydroxylation is 1. The van der Waals surface area contributed by atoms with E-state index in [-0.39, 0.29) is 24.0 Å². The van der Waals surface area contributed by atoms with Crippen LogP contribution in [0.15, 0.2) is 113 Å². The average Bonchev–Trinajstić information content (AvgIpc) is 3.58. The Morgan fingerprint density at radius 2 is 1.66 bits per heavy atom. The van der Waals surface area contributed by atoms with E-state index in [1.54, 1.807) is 61.5 Å². The number of thioether (sulfide) groups is 1. The van der Waals surface area contributed by atoms with E-state index < -0.39 is 23.0 Å². The Balaban J connectivity index is 1.35. The van der Waals surface area contributed by atoms with Crippen LogP contribution in [0.4, 0.5) is 10.7 Å². The van der Waals surface area contributed by atoms with Gasteiger partial charge in [0.15, 0.2) is 0 Å². The van der Waals surface area contributed by atoms with E-state index in [4.69, 9.17) is 9.47 Å². The number of benzene rings is 4. The first-order valence-corrected chi connectivity index (χ1v) is 18.6. The Labute approximate surface area is 316 Å². The summed E-state index contributed by atoms with van der Waals surface area (Å²) < 4.78 is 10.7. The Hall–Kier alpha value is -5.85. The number of amides is 3. The fraction of sp³-hybridized carbons (Fsp3) is 0.171. The molecule has 1 heterocycles. The van der Waals surface area contributed by atoms with Crippen LogP contribution >= 0.6 is 23.1 Å².